The molecule has 2 aromatic rings. The lowest BCUT2D eigenvalue weighted by molar-refractivity contribution is 0.336. The molecule has 0 bridgehead atoms. The maximum Gasteiger partial charge on any atom is 0.145 e. The van der Waals surface area contributed by atoms with Gasteiger partial charge in [0.2, 0.25) is 0 Å². The van der Waals surface area contributed by atoms with Crippen molar-refractivity contribution in [2.75, 3.05) is 18.9 Å². The molecule has 2 N–H and O–H groups in total. The van der Waals surface area contributed by atoms with Gasteiger partial charge in [-0.25, -0.2) is 4.98 Å². The number of ether oxygens (including phenoxy) is 2. The molecule has 0 aliphatic heterocycles. The van der Waals surface area contributed by atoms with Crippen LogP contribution >= 0.6 is 0 Å². The van der Waals surface area contributed by atoms with Gasteiger partial charge in [0, 0.05) is 5.69 Å². The van der Waals surface area contributed by atoms with Gasteiger partial charge in [0.15, 0.2) is 0 Å². The predicted octanol–water partition coefficient (Wildman–Crippen LogP) is 4.05. The van der Waals surface area contributed by atoms with E-state index in [0.717, 1.165) is 39.3 Å². The smallest absolute Gasteiger partial charge is 0.145 e. The molecular formula is C17H24N2O2. The molecule has 4 nitrogen and oxygen atoms in total. The zero-order chi connectivity index (χ0) is 15.6. The van der Waals surface area contributed by atoms with Crippen molar-refractivity contribution in [3.8, 4) is 11.5 Å². The molecule has 0 fully saturated rings. The van der Waals surface area contributed by atoms with Gasteiger partial charge in [-0.15, -0.1) is 0 Å². The molecule has 21 heavy (non-hydrogen) atoms. The highest BCUT2D eigenvalue weighted by molar-refractivity contribution is 6.00. The molecule has 0 atom stereocenters. The summed E-state index contributed by atoms with van der Waals surface area (Å²) >= 11 is 0. The van der Waals surface area contributed by atoms with Crippen LogP contribution in [-0.4, -0.2) is 18.2 Å². The maximum atomic E-state index is 6.44. The first-order valence-corrected chi connectivity index (χ1v) is 7.49. The van der Waals surface area contributed by atoms with E-state index < -0.39 is 0 Å². The van der Waals surface area contributed by atoms with Gasteiger partial charge in [-0.3, -0.25) is 0 Å². The molecule has 1 aromatic carbocycles. The van der Waals surface area contributed by atoms with Gasteiger partial charge in [0.05, 0.1) is 24.3 Å². The van der Waals surface area contributed by atoms with Crippen LogP contribution in [0.4, 0.5) is 5.69 Å². The van der Waals surface area contributed by atoms with Crippen LogP contribution in [0.5, 0.6) is 11.5 Å². The quantitative estimate of drug-likeness (QED) is 0.902. The Kier molecular flexibility index (Phi) is 4.56. The molecule has 0 saturated carbocycles. The standard InChI is InChI=1S/C17H24N2O2/c1-6-20-12-8-9-13(21-7-2)17-15(12)16(18)14(10(3)4)11(5)19-17/h8-10H,6-7H2,1-5H3,(H2,18,19). The second-order valence-electron chi connectivity index (χ2n) is 5.33. The second kappa shape index (κ2) is 6.20. The Balaban J connectivity index is 2.84. The third-order valence-corrected chi connectivity index (χ3v) is 3.51. The lowest BCUT2D eigenvalue weighted by Crippen LogP contribution is -2.06. The Morgan fingerprint density at radius 1 is 1.10 bits per heavy atom. The van der Waals surface area contributed by atoms with Gasteiger partial charge >= 0.3 is 0 Å². The molecule has 0 aliphatic rings. The molecule has 0 radical (unpaired) electrons. The monoisotopic (exact) mass is 288 g/mol. The molecule has 0 saturated heterocycles. The normalized spacial score (nSPS) is 11.1. The minimum atomic E-state index is 0.312. The zero-order valence-corrected chi connectivity index (χ0v) is 13.5. The molecular weight excluding hydrogens is 264 g/mol. The van der Waals surface area contributed by atoms with Crippen molar-refractivity contribution in [1.82, 2.24) is 4.98 Å². The number of aromatic nitrogens is 1. The molecule has 0 amide bonds. The summed E-state index contributed by atoms with van der Waals surface area (Å²) in [5.74, 6) is 1.83. The van der Waals surface area contributed by atoms with Gasteiger partial charge in [-0.1, -0.05) is 13.8 Å². The van der Waals surface area contributed by atoms with E-state index in [2.05, 4.69) is 13.8 Å². The van der Waals surface area contributed by atoms with E-state index in [1.807, 2.05) is 32.9 Å². The van der Waals surface area contributed by atoms with Crippen molar-refractivity contribution >= 4 is 16.6 Å². The molecule has 1 heterocycles. The minimum absolute atomic E-state index is 0.312. The summed E-state index contributed by atoms with van der Waals surface area (Å²) in [5.41, 5.74) is 10.00. The highest BCUT2D eigenvalue weighted by Crippen LogP contribution is 2.40. The Hall–Kier alpha value is -1.97. The molecule has 4 heteroatoms. The lowest BCUT2D eigenvalue weighted by atomic mass is 9.96. The number of rotatable bonds is 5. The van der Waals surface area contributed by atoms with Crippen LogP contribution in [0, 0.1) is 6.92 Å². The number of aryl methyl sites for hydroxylation is 1. The third-order valence-electron chi connectivity index (χ3n) is 3.51. The number of anilines is 1. The predicted molar refractivity (Wildman–Crippen MR) is 87.3 cm³/mol. The van der Waals surface area contributed by atoms with Crippen molar-refractivity contribution in [3.05, 3.63) is 23.4 Å². The van der Waals surface area contributed by atoms with E-state index in [4.69, 9.17) is 20.2 Å². The van der Waals surface area contributed by atoms with E-state index in [0.29, 0.717) is 19.1 Å². The molecule has 0 unspecified atom stereocenters. The van der Waals surface area contributed by atoms with Crippen LogP contribution in [0.3, 0.4) is 0 Å². The number of nitrogens with two attached hydrogens (primary N) is 1. The van der Waals surface area contributed by atoms with Crippen molar-refractivity contribution in [2.24, 2.45) is 0 Å². The minimum Gasteiger partial charge on any atom is -0.493 e. The van der Waals surface area contributed by atoms with Crippen LogP contribution in [0.25, 0.3) is 10.9 Å². The van der Waals surface area contributed by atoms with Gasteiger partial charge in [0.1, 0.15) is 17.0 Å². The van der Waals surface area contributed by atoms with E-state index in [1.54, 1.807) is 0 Å². The van der Waals surface area contributed by atoms with Gasteiger partial charge in [0.25, 0.3) is 0 Å². The van der Waals surface area contributed by atoms with Gasteiger partial charge in [-0.05, 0) is 44.4 Å². The number of fused-ring (bicyclic) bond motifs is 1. The number of hydrogen-bond acceptors (Lipinski definition) is 4. The Bertz CT molecular complexity index is 651. The third kappa shape index (κ3) is 2.75. The van der Waals surface area contributed by atoms with Crippen LogP contribution in [0.15, 0.2) is 12.1 Å². The van der Waals surface area contributed by atoms with Crippen LogP contribution < -0.4 is 15.2 Å². The Labute approximate surface area is 126 Å². The second-order valence-corrected chi connectivity index (χ2v) is 5.33. The SMILES string of the molecule is CCOc1ccc(OCC)c2c(N)c(C(C)C)c(C)nc12. The number of nitrogens with zero attached hydrogens (tertiary/aromatic N) is 1. The van der Waals surface area contributed by atoms with Crippen LogP contribution in [0.2, 0.25) is 0 Å². The number of benzene rings is 1. The molecule has 1 aromatic heterocycles. The largest absolute Gasteiger partial charge is 0.493 e. The first-order chi connectivity index (χ1) is 10.0. The zero-order valence-electron chi connectivity index (χ0n) is 13.5. The summed E-state index contributed by atoms with van der Waals surface area (Å²) < 4.78 is 11.4. The molecule has 114 valence electrons. The Morgan fingerprint density at radius 3 is 2.24 bits per heavy atom. The fraction of sp³-hybridized carbons (Fsp3) is 0.471. The van der Waals surface area contributed by atoms with Gasteiger partial charge in [-0.2, -0.15) is 0 Å². The molecule has 0 aliphatic carbocycles. The number of pyridine rings is 1. The highest BCUT2D eigenvalue weighted by Gasteiger charge is 2.19. The molecule has 2 rings (SSSR count). The van der Waals surface area contributed by atoms with Crippen LogP contribution in [-0.2, 0) is 0 Å². The van der Waals surface area contributed by atoms with Gasteiger partial charge < -0.3 is 15.2 Å². The topological polar surface area (TPSA) is 57.4 Å². The summed E-state index contributed by atoms with van der Waals surface area (Å²) in [4.78, 5) is 4.73. The van der Waals surface area contributed by atoms with Crippen molar-refractivity contribution in [1.29, 1.82) is 0 Å². The fourth-order valence-electron chi connectivity index (χ4n) is 2.76. The maximum absolute atomic E-state index is 6.44. The molecule has 0 spiro atoms. The van der Waals surface area contributed by atoms with Crippen LogP contribution in [0.1, 0.15) is 44.9 Å². The number of nitrogen functional groups attached to an aromatic ring is 1. The average Bonchev–Trinajstić information content (AvgIpc) is 2.41. The summed E-state index contributed by atoms with van der Waals surface area (Å²) in [6, 6.07) is 3.81. The van der Waals surface area contributed by atoms with E-state index >= 15 is 0 Å². The van der Waals surface area contributed by atoms with E-state index in [1.165, 1.54) is 0 Å². The summed E-state index contributed by atoms with van der Waals surface area (Å²) in [7, 11) is 0. The first-order valence-electron chi connectivity index (χ1n) is 7.49. The first kappa shape index (κ1) is 15.4. The van der Waals surface area contributed by atoms with Crippen molar-refractivity contribution < 1.29 is 9.47 Å². The summed E-state index contributed by atoms with van der Waals surface area (Å²) in [5, 5.41) is 0.858. The Morgan fingerprint density at radius 2 is 1.67 bits per heavy atom. The van der Waals surface area contributed by atoms with E-state index in [-0.39, 0.29) is 0 Å². The summed E-state index contributed by atoms with van der Waals surface area (Å²) in [6.45, 7) is 11.3. The average molecular weight is 288 g/mol. The fourth-order valence-corrected chi connectivity index (χ4v) is 2.76. The van der Waals surface area contributed by atoms with Crippen molar-refractivity contribution in [2.45, 2.75) is 40.5 Å². The summed E-state index contributed by atoms with van der Waals surface area (Å²) in [6.07, 6.45) is 0. The van der Waals surface area contributed by atoms with E-state index in [9.17, 15) is 0 Å². The van der Waals surface area contributed by atoms with Crippen molar-refractivity contribution in [3.63, 3.8) is 0 Å². The number of hydrogen-bond donors (Lipinski definition) is 1. The lowest BCUT2D eigenvalue weighted by Gasteiger charge is -2.19. The highest BCUT2D eigenvalue weighted by atomic mass is 16.5.